The molecule has 0 unspecified atom stereocenters. The molecule has 4 heterocycles. The number of aryl methyl sites for hydroxylation is 2. The molecule has 9 rings (SSSR count). The highest BCUT2D eigenvalue weighted by Crippen LogP contribution is 2.69. The zero-order chi connectivity index (χ0) is 24.1. The lowest BCUT2D eigenvalue weighted by Gasteiger charge is -2.63. The summed E-state index contributed by atoms with van der Waals surface area (Å²) in [6.45, 7) is 2.68. The van der Waals surface area contributed by atoms with Crippen molar-refractivity contribution in [2.75, 3.05) is 13.1 Å². The molecule has 1 spiro atoms. The first kappa shape index (κ1) is 20.3. The Bertz CT molecular complexity index is 1530. The number of nitrogens with zero attached hydrogens (tertiary/aromatic N) is 2. The number of aliphatic hydroxyl groups is 1. The largest absolute Gasteiger partial charge is 0.505 e. The molecule has 36 heavy (non-hydrogen) atoms. The van der Waals surface area contributed by atoms with E-state index in [0.717, 1.165) is 66.6 Å². The molecule has 186 valence electrons. The van der Waals surface area contributed by atoms with Crippen LogP contribution in [0.1, 0.15) is 59.7 Å². The van der Waals surface area contributed by atoms with Crippen molar-refractivity contribution in [3.8, 4) is 17.2 Å². The van der Waals surface area contributed by atoms with E-state index >= 15 is 0 Å². The average Bonchev–Trinajstić information content (AvgIpc) is 3.53. The lowest BCUT2D eigenvalue weighted by atomic mass is 9.49. The minimum Gasteiger partial charge on any atom is -0.505 e. The highest BCUT2D eigenvalue weighted by atomic mass is 19.1. The SMILES string of the molecule is Oc1ccc2c3c1O[C@H]1c4c(c5cc(F)c(O)c6c5n4CCC6)C[C@@]4(O)[C@@H](C2)N(CC2CC2)CC[C@]314. The molecule has 1 saturated carbocycles. The Balaban J connectivity index is 1.37. The number of phenolic OH excluding ortho intramolecular Hbond substituents is 2. The van der Waals surface area contributed by atoms with Crippen LogP contribution in [0.3, 0.4) is 0 Å². The van der Waals surface area contributed by atoms with Gasteiger partial charge in [-0.1, -0.05) is 6.07 Å². The summed E-state index contributed by atoms with van der Waals surface area (Å²) in [4.78, 5) is 2.51. The van der Waals surface area contributed by atoms with E-state index < -0.39 is 22.9 Å². The number of piperidine rings is 1. The normalized spacial score (nSPS) is 33.4. The third kappa shape index (κ3) is 2.08. The number of ether oxygens (including phenoxy) is 1. The first-order valence-corrected chi connectivity index (χ1v) is 13.5. The van der Waals surface area contributed by atoms with Gasteiger partial charge in [0.15, 0.2) is 29.2 Å². The number of halogens is 1. The monoisotopic (exact) mass is 488 g/mol. The highest BCUT2D eigenvalue weighted by Gasteiger charge is 2.73. The molecule has 3 aliphatic heterocycles. The van der Waals surface area contributed by atoms with Crippen LogP contribution in [0.15, 0.2) is 18.2 Å². The molecule has 3 aromatic rings. The third-order valence-corrected chi connectivity index (χ3v) is 10.5. The molecule has 2 fully saturated rings. The molecular formula is C29H29FN2O4. The van der Waals surface area contributed by atoms with Crippen LogP contribution >= 0.6 is 0 Å². The van der Waals surface area contributed by atoms with E-state index in [1.165, 1.54) is 24.5 Å². The second kappa shape index (κ2) is 6.20. The van der Waals surface area contributed by atoms with E-state index in [1.807, 2.05) is 6.07 Å². The van der Waals surface area contributed by atoms with E-state index in [-0.39, 0.29) is 17.5 Å². The molecule has 1 saturated heterocycles. The Morgan fingerprint density at radius 3 is 2.83 bits per heavy atom. The van der Waals surface area contributed by atoms with Gasteiger partial charge in [0.1, 0.15) is 0 Å². The Hall–Kier alpha value is -2.77. The fraction of sp³-hybridized carbons (Fsp3) is 0.517. The van der Waals surface area contributed by atoms with Gasteiger partial charge >= 0.3 is 0 Å². The van der Waals surface area contributed by atoms with E-state index in [9.17, 15) is 19.7 Å². The minimum atomic E-state index is -1.09. The number of hydrogen-bond acceptors (Lipinski definition) is 5. The second-order valence-electron chi connectivity index (χ2n) is 12.1. The number of fused-ring (bicyclic) bond motifs is 4. The molecule has 3 aliphatic carbocycles. The van der Waals surface area contributed by atoms with Crippen molar-refractivity contribution in [3.05, 3.63) is 52.0 Å². The van der Waals surface area contributed by atoms with E-state index in [4.69, 9.17) is 4.74 Å². The molecule has 3 N–H and O–H groups in total. The molecule has 2 bridgehead atoms. The number of benzene rings is 2. The Kier molecular flexibility index (Phi) is 3.49. The van der Waals surface area contributed by atoms with Gasteiger partial charge in [-0.3, -0.25) is 4.90 Å². The van der Waals surface area contributed by atoms with Crippen LogP contribution in [0.5, 0.6) is 17.2 Å². The number of aromatic nitrogens is 1. The first-order chi connectivity index (χ1) is 17.4. The van der Waals surface area contributed by atoms with Crippen molar-refractivity contribution in [2.24, 2.45) is 5.92 Å². The summed E-state index contributed by atoms with van der Waals surface area (Å²) in [5.41, 5.74) is 3.91. The van der Waals surface area contributed by atoms with E-state index in [2.05, 4.69) is 9.47 Å². The summed E-state index contributed by atoms with van der Waals surface area (Å²) in [5, 5.41) is 35.2. The topological polar surface area (TPSA) is 78.1 Å². The van der Waals surface area contributed by atoms with Crippen LogP contribution in [0, 0.1) is 11.7 Å². The summed E-state index contributed by atoms with van der Waals surface area (Å²) in [7, 11) is 0. The molecular weight excluding hydrogens is 459 g/mol. The van der Waals surface area contributed by atoms with Gasteiger partial charge < -0.3 is 24.6 Å². The zero-order valence-corrected chi connectivity index (χ0v) is 20.1. The Labute approximate surface area is 207 Å². The molecule has 7 heteroatoms. The van der Waals surface area contributed by atoms with Crippen molar-refractivity contribution in [3.63, 3.8) is 0 Å². The number of hydrogen-bond donors (Lipinski definition) is 3. The van der Waals surface area contributed by atoms with Crippen LogP contribution in [0.25, 0.3) is 10.9 Å². The van der Waals surface area contributed by atoms with Crippen molar-refractivity contribution in [1.82, 2.24) is 9.47 Å². The molecule has 2 aromatic carbocycles. The lowest BCUT2D eigenvalue weighted by Crippen LogP contribution is -2.74. The standard InChI is InChI=1S/C29H29FN2O4/c30-19-11-17-18-12-29(35)21-10-15-5-6-20(33)26-22(15)28(29,7-9-31(21)13-14-3-4-14)27(36-26)24(18)32-8-1-2-16(23(17)32)25(19)34/h5-6,11,14,21,27,33-35H,1-4,7-10,12-13H2/t21-,27+,28+,29-/m1/s1. The maximum absolute atomic E-state index is 15.0. The van der Waals surface area contributed by atoms with Crippen molar-refractivity contribution < 1.29 is 24.4 Å². The van der Waals surface area contributed by atoms with Crippen LogP contribution in [-0.4, -0.2) is 49.5 Å². The highest BCUT2D eigenvalue weighted by molar-refractivity contribution is 5.92. The number of rotatable bonds is 2. The van der Waals surface area contributed by atoms with Gasteiger partial charge in [-0.05, 0) is 74.2 Å². The molecule has 6 nitrogen and oxygen atoms in total. The molecule has 6 aliphatic rings. The predicted molar refractivity (Wildman–Crippen MR) is 130 cm³/mol. The predicted octanol–water partition coefficient (Wildman–Crippen LogP) is 3.84. The van der Waals surface area contributed by atoms with E-state index in [1.54, 1.807) is 6.07 Å². The summed E-state index contributed by atoms with van der Waals surface area (Å²) >= 11 is 0. The fourth-order valence-electron chi connectivity index (χ4n) is 8.93. The van der Waals surface area contributed by atoms with Gasteiger partial charge in [-0.15, -0.1) is 0 Å². The first-order valence-electron chi connectivity index (χ1n) is 13.5. The van der Waals surface area contributed by atoms with Crippen LogP contribution in [0.2, 0.25) is 0 Å². The Morgan fingerprint density at radius 1 is 1.14 bits per heavy atom. The maximum Gasteiger partial charge on any atom is 0.166 e. The smallest absolute Gasteiger partial charge is 0.166 e. The fourth-order valence-corrected chi connectivity index (χ4v) is 8.93. The second-order valence-corrected chi connectivity index (χ2v) is 12.1. The lowest BCUT2D eigenvalue weighted by molar-refractivity contribution is -0.173. The van der Waals surface area contributed by atoms with Crippen molar-refractivity contribution in [2.45, 2.75) is 74.7 Å². The van der Waals surface area contributed by atoms with Crippen molar-refractivity contribution in [1.29, 1.82) is 0 Å². The maximum atomic E-state index is 15.0. The third-order valence-electron chi connectivity index (χ3n) is 10.5. The van der Waals surface area contributed by atoms with Crippen LogP contribution in [-0.2, 0) is 31.2 Å². The minimum absolute atomic E-state index is 0.0564. The summed E-state index contributed by atoms with van der Waals surface area (Å²) < 4.78 is 23.9. The number of phenols is 2. The van der Waals surface area contributed by atoms with Gasteiger partial charge in [0, 0.05) is 42.1 Å². The zero-order valence-electron chi connectivity index (χ0n) is 20.1. The molecule has 0 amide bonds. The molecule has 0 radical (unpaired) electrons. The van der Waals surface area contributed by atoms with E-state index in [0.29, 0.717) is 30.1 Å². The van der Waals surface area contributed by atoms with Crippen molar-refractivity contribution >= 4 is 10.9 Å². The number of likely N-dealkylation sites (tertiary alicyclic amines) is 1. The summed E-state index contributed by atoms with van der Waals surface area (Å²) in [6, 6.07) is 5.16. The molecule has 4 atom stereocenters. The van der Waals surface area contributed by atoms with Gasteiger partial charge in [0.2, 0.25) is 0 Å². The Morgan fingerprint density at radius 2 is 2.00 bits per heavy atom. The van der Waals surface area contributed by atoms with Gasteiger partial charge in [0.05, 0.1) is 22.2 Å². The van der Waals surface area contributed by atoms with Gasteiger partial charge in [-0.25, -0.2) is 4.39 Å². The van der Waals surface area contributed by atoms with Gasteiger partial charge in [-0.2, -0.15) is 0 Å². The average molecular weight is 489 g/mol. The summed E-state index contributed by atoms with van der Waals surface area (Å²) in [5.74, 6) is 0.504. The van der Waals surface area contributed by atoms with Crippen LogP contribution in [0.4, 0.5) is 4.39 Å². The molecule has 1 aromatic heterocycles. The van der Waals surface area contributed by atoms with Gasteiger partial charge in [0.25, 0.3) is 0 Å². The van der Waals surface area contributed by atoms with Crippen LogP contribution < -0.4 is 4.74 Å². The summed E-state index contributed by atoms with van der Waals surface area (Å²) in [6.07, 6.45) is 5.41. The quantitative estimate of drug-likeness (QED) is 0.511. The number of aromatic hydroxyl groups is 2.